The SMILES string of the molecule is CNC(=O)c1ccccc1NC(=O)c1nnn(-c2cccc(Cl)c2)c1C. The van der Waals surface area contributed by atoms with Gasteiger partial charge in [-0.2, -0.15) is 0 Å². The highest BCUT2D eigenvalue weighted by Crippen LogP contribution is 2.19. The van der Waals surface area contributed by atoms with Crippen LogP contribution in [0.4, 0.5) is 5.69 Å². The van der Waals surface area contributed by atoms with E-state index in [4.69, 9.17) is 11.6 Å². The van der Waals surface area contributed by atoms with Crippen LogP contribution >= 0.6 is 11.6 Å². The fourth-order valence-corrected chi connectivity index (χ4v) is 2.68. The molecule has 1 heterocycles. The molecule has 0 unspecified atom stereocenters. The first kappa shape index (κ1) is 17.6. The number of hydrogen-bond donors (Lipinski definition) is 2. The highest BCUT2D eigenvalue weighted by Gasteiger charge is 2.19. The second-order valence-electron chi connectivity index (χ2n) is 5.49. The lowest BCUT2D eigenvalue weighted by molar-refractivity contribution is 0.0964. The van der Waals surface area contributed by atoms with Crippen LogP contribution in [-0.2, 0) is 0 Å². The van der Waals surface area contributed by atoms with E-state index in [0.29, 0.717) is 27.7 Å². The van der Waals surface area contributed by atoms with Crippen LogP contribution in [0.2, 0.25) is 5.02 Å². The molecule has 0 aliphatic carbocycles. The number of anilines is 1. The Morgan fingerprint density at radius 2 is 1.85 bits per heavy atom. The van der Waals surface area contributed by atoms with Crippen molar-refractivity contribution in [2.24, 2.45) is 0 Å². The summed E-state index contributed by atoms with van der Waals surface area (Å²) in [5, 5.41) is 13.8. The molecule has 0 bridgehead atoms. The van der Waals surface area contributed by atoms with Crippen LogP contribution < -0.4 is 10.6 Å². The highest BCUT2D eigenvalue weighted by atomic mass is 35.5. The van der Waals surface area contributed by atoms with E-state index in [9.17, 15) is 9.59 Å². The van der Waals surface area contributed by atoms with Crippen molar-refractivity contribution >= 4 is 29.1 Å². The number of benzene rings is 2. The molecule has 0 spiro atoms. The highest BCUT2D eigenvalue weighted by molar-refractivity contribution is 6.30. The molecule has 2 N–H and O–H groups in total. The van der Waals surface area contributed by atoms with Gasteiger partial charge in [-0.1, -0.05) is 35.0 Å². The summed E-state index contributed by atoms with van der Waals surface area (Å²) in [7, 11) is 1.53. The van der Waals surface area contributed by atoms with Gasteiger partial charge >= 0.3 is 0 Å². The molecule has 8 heteroatoms. The first-order valence-corrected chi connectivity index (χ1v) is 8.19. The third-order valence-corrected chi connectivity index (χ3v) is 4.04. The molecule has 2 amide bonds. The predicted molar refractivity (Wildman–Crippen MR) is 98.9 cm³/mol. The van der Waals surface area contributed by atoms with E-state index in [1.54, 1.807) is 49.4 Å². The molecule has 0 radical (unpaired) electrons. The van der Waals surface area contributed by atoms with E-state index in [0.717, 1.165) is 0 Å². The molecule has 0 saturated carbocycles. The summed E-state index contributed by atoms with van der Waals surface area (Å²) in [6, 6.07) is 13.8. The molecule has 3 rings (SSSR count). The van der Waals surface area contributed by atoms with Crippen LogP contribution in [0, 0.1) is 6.92 Å². The lowest BCUT2D eigenvalue weighted by Crippen LogP contribution is -2.22. The molecule has 0 aliphatic rings. The van der Waals surface area contributed by atoms with Gasteiger partial charge in [0, 0.05) is 12.1 Å². The monoisotopic (exact) mass is 369 g/mol. The minimum absolute atomic E-state index is 0.164. The number of nitrogens with one attached hydrogen (secondary N) is 2. The number of amides is 2. The Bertz CT molecular complexity index is 983. The van der Waals surface area contributed by atoms with Crippen molar-refractivity contribution in [3.05, 3.63) is 70.5 Å². The summed E-state index contributed by atoms with van der Waals surface area (Å²) >= 11 is 6.01. The maximum atomic E-state index is 12.6. The normalized spacial score (nSPS) is 10.4. The van der Waals surface area contributed by atoms with Gasteiger partial charge in [-0.25, -0.2) is 4.68 Å². The third-order valence-electron chi connectivity index (χ3n) is 3.81. The molecular formula is C18H16ClN5O2. The minimum Gasteiger partial charge on any atom is -0.355 e. The number of aromatic nitrogens is 3. The Hall–Kier alpha value is -3.19. The van der Waals surface area contributed by atoms with Gasteiger partial charge in [-0.05, 0) is 37.3 Å². The number of halogens is 1. The Morgan fingerprint density at radius 3 is 2.58 bits per heavy atom. The summed E-state index contributed by atoms with van der Waals surface area (Å²) in [5.41, 5.74) is 2.18. The number of rotatable bonds is 4. The number of nitrogens with zero attached hydrogens (tertiary/aromatic N) is 3. The van der Waals surface area contributed by atoms with E-state index in [1.165, 1.54) is 11.7 Å². The topological polar surface area (TPSA) is 88.9 Å². The van der Waals surface area contributed by atoms with Crippen LogP contribution in [0.3, 0.4) is 0 Å². The van der Waals surface area contributed by atoms with Crippen molar-refractivity contribution in [2.45, 2.75) is 6.92 Å². The van der Waals surface area contributed by atoms with Gasteiger partial charge in [0.05, 0.1) is 22.6 Å². The molecule has 2 aromatic carbocycles. The standard InChI is InChI=1S/C18H16ClN5O2/c1-11-16(22-23-24(11)13-7-5-6-12(19)10-13)18(26)21-15-9-4-3-8-14(15)17(25)20-2/h3-10H,1-2H3,(H,20,25)(H,21,26). The number of carbonyl (C=O) groups is 2. The summed E-state index contributed by atoms with van der Waals surface area (Å²) in [4.78, 5) is 24.6. The smallest absolute Gasteiger partial charge is 0.278 e. The van der Waals surface area contributed by atoms with Crippen molar-refractivity contribution < 1.29 is 9.59 Å². The largest absolute Gasteiger partial charge is 0.355 e. The Morgan fingerprint density at radius 1 is 1.08 bits per heavy atom. The first-order chi connectivity index (χ1) is 12.5. The van der Waals surface area contributed by atoms with E-state index < -0.39 is 5.91 Å². The summed E-state index contributed by atoms with van der Waals surface area (Å²) in [6.07, 6.45) is 0. The molecule has 3 aromatic rings. The lowest BCUT2D eigenvalue weighted by Gasteiger charge is -2.09. The van der Waals surface area contributed by atoms with Crippen LogP contribution in [-0.4, -0.2) is 33.9 Å². The lowest BCUT2D eigenvalue weighted by atomic mass is 10.1. The van der Waals surface area contributed by atoms with Gasteiger partial charge in [0.25, 0.3) is 11.8 Å². The van der Waals surface area contributed by atoms with Crippen LogP contribution in [0.5, 0.6) is 0 Å². The molecule has 132 valence electrons. The van der Waals surface area contributed by atoms with Crippen molar-refractivity contribution in [3.8, 4) is 5.69 Å². The van der Waals surface area contributed by atoms with Gasteiger partial charge < -0.3 is 10.6 Å². The van der Waals surface area contributed by atoms with E-state index >= 15 is 0 Å². The molecule has 0 saturated heterocycles. The zero-order chi connectivity index (χ0) is 18.7. The number of hydrogen-bond acceptors (Lipinski definition) is 4. The van der Waals surface area contributed by atoms with Crippen LogP contribution in [0.1, 0.15) is 26.5 Å². The van der Waals surface area contributed by atoms with Gasteiger partial charge in [0.2, 0.25) is 0 Å². The third kappa shape index (κ3) is 3.43. The Labute approximate surface area is 155 Å². The average molecular weight is 370 g/mol. The minimum atomic E-state index is -0.452. The van der Waals surface area contributed by atoms with Gasteiger partial charge in [0.15, 0.2) is 5.69 Å². The van der Waals surface area contributed by atoms with Crippen LogP contribution in [0.15, 0.2) is 48.5 Å². The zero-order valence-electron chi connectivity index (χ0n) is 14.2. The van der Waals surface area contributed by atoms with Crippen molar-refractivity contribution in [1.29, 1.82) is 0 Å². The van der Waals surface area contributed by atoms with E-state index in [1.807, 2.05) is 6.07 Å². The van der Waals surface area contributed by atoms with E-state index in [-0.39, 0.29) is 11.6 Å². The maximum absolute atomic E-state index is 12.6. The Balaban J connectivity index is 1.90. The van der Waals surface area contributed by atoms with Gasteiger partial charge in [-0.15, -0.1) is 5.10 Å². The summed E-state index contributed by atoms with van der Waals surface area (Å²) < 4.78 is 1.53. The van der Waals surface area contributed by atoms with Crippen molar-refractivity contribution in [1.82, 2.24) is 20.3 Å². The quantitative estimate of drug-likeness (QED) is 0.740. The van der Waals surface area contributed by atoms with Gasteiger partial charge in [-0.3, -0.25) is 9.59 Å². The molecule has 7 nitrogen and oxygen atoms in total. The second-order valence-corrected chi connectivity index (χ2v) is 5.93. The molecule has 0 fully saturated rings. The summed E-state index contributed by atoms with van der Waals surface area (Å²) in [6.45, 7) is 1.74. The number of carbonyl (C=O) groups excluding carboxylic acids is 2. The molecule has 0 aliphatic heterocycles. The zero-order valence-corrected chi connectivity index (χ0v) is 14.9. The van der Waals surface area contributed by atoms with Crippen LogP contribution in [0.25, 0.3) is 5.69 Å². The average Bonchev–Trinajstić information content (AvgIpc) is 3.03. The predicted octanol–water partition coefficient (Wildman–Crippen LogP) is 2.84. The maximum Gasteiger partial charge on any atom is 0.278 e. The fourth-order valence-electron chi connectivity index (χ4n) is 2.50. The van der Waals surface area contributed by atoms with Crippen molar-refractivity contribution in [2.75, 3.05) is 12.4 Å². The second kappa shape index (κ2) is 7.37. The van der Waals surface area contributed by atoms with Crippen molar-refractivity contribution in [3.63, 3.8) is 0 Å². The fraction of sp³-hybridized carbons (Fsp3) is 0.111. The van der Waals surface area contributed by atoms with Gasteiger partial charge in [0.1, 0.15) is 0 Å². The summed E-state index contributed by atoms with van der Waals surface area (Å²) in [5.74, 6) is -0.743. The van der Waals surface area contributed by atoms with E-state index in [2.05, 4.69) is 20.9 Å². The molecule has 1 aromatic heterocycles. The molecular weight excluding hydrogens is 354 g/mol. The Kier molecular flexibility index (Phi) is 4.99. The number of para-hydroxylation sites is 1. The first-order valence-electron chi connectivity index (χ1n) is 7.82. The molecule has 26 heavy (non-hydrogen) atoms. The molecule has 0 atom stereocenters.